The predicted octanol–water partition coefficient (Wildman–Crippen LogP) is 7.47. The van der Waals surface area contributed by atoms with Crippen LogP contribution in [0.2, 0.25) is 0 Å². The highest BCUT2D eigenvalue weighted by atomic mass is 32.2. The molecule has 48 heavy (non-hydrogen) atoms. The molecule has 3 atom stereocenters. The van der Waals surface area contributed by atoms with Gasteiger partial charge in [0.05, 0.1) is 12.6 Å². The second-order valence-corrected chi connectivity index (χ2v) is 14.2. The number of aliphatic hydroxyl groups excluding tert-OH is 1. The highest BCUT2D eigenvalue weighted by molar-refractivity contribution is 7.99. The summed E-state index contributed by atoms with van der Waals surface area (Å²) in [6.07, 6.45) is 26.1. The summed E-state index contributed by atoms with van der Waals surface area (Å²) in [4.78, 5) is 48.4. The molecule has 0 fully saturated rings. The molecule has 0 aliphatic carbocycles. The molecule has 282 valence electrons. The molecule has 0 aromatic carbocycles. The first-order chi connectivity index (χ1) is 23.2. The molecule has 1 amide bonds. The lowest BCUT2D eigenvalue weighted by Crippen LogP contribution is -2.50. The number of nitrogens with two attached hydrogens (primary N) is 1. The summed E-state index contributed by atoms with van der Waals surface area (Å²) >= 11 is 1.25. The number of unbranched alkanes of at least 4 members (excludes halogenated alkanes) is 20. The van der Waals surface area contributed by atoms with Crippen molar-refractivity contribution in [3.05, 3.63) is 0 Å². The Labute approximate surface area is 295 Å². The van der Waals surface area contributed by atoms with Crippen molar-refractivity contribution >= 4 is 35.6 Å². The zero-order valence-corrected chi connectivity index (χ0v) is 31.2. The fourth-order valence-corrected chi connectivity index (χ4v) is 6.32. The van der Waals surface area contributed by atoms with Crippen LogP contribution in [0.1, 0.15) is 168 Å². The first-order valence-electron chi connectivity index (χ1n) is 19.1. The molecular formula is C37H70N2O8S. The smallest absolute Gasteiger partial charge is 0.328 e. The lowest BCUT2D eigenvalue weighted by atomic mass is 10.1. The van der Waals surface area contributed by atoms with E-state index in [1.165, 1.54) is 114 Å². The van der Waals surface area contributed by atoms with E-state index in [0.29, 0.717) is 12.8 Å². The summed E-state index contributed by atoms with van der Waals surface area (Å²) in [5, 5.41) is 20.4. The second kappa shape index (κ2) is 33.6. The molecule has 0 spiro atoms. The molecule has 0 saturated carbocycles. The number of rotatable bonds is 35. The molecule has 0 heterocycles. The monoisotopic (exact) mass is 702 g/mol. The summed E-state index contributed by atoms with van der Waals surface area (Å²) in [7, 11) is 0. The van der Waals surface area contributed by atoms with Crippen molar-refractivity contribution in [1.82, 2.24) is 5.32 Å². The zero-order chi connectivity index (χ0) is 35.7. The van der Waals surface area contributed by atoms with Gasteiger partial charge >= 0.3 is 17.9 Å². The molecule has 0 unspecified atom stereocenters. The van der Waals surface area contributed by atoms with Gasteiger partial charge < -0.3 is 30.7 Å². The average molecular weight is 703 g/mol. The number of carbonyl (C=O) groups excluding carboxylic acids is 3. The fraction of sp³-hybridized carbons (Fsp3) is 0.892. The van der Waals surface area contributed by atoms with Gasteiger partial charge in [0.1, 0.15) is 18.8 Å². The number of nitrogens with one attached hydrogen (secondary N) is 1. The summed E-state index contributed by atoms with van der Waals surface area (Å²) in [5.74, 6) is -2.32. The number of thioether (sulfide) groups is 1. The maximum atomic E-state index is 12.6. The van der Waals surface area contributed by atoms with Crippen LogP contribution in [0.4, 0.5) is 0 Å². The third-order valence-corrected chi connectivity index (χ3v) is 9.63. The minimum Gasteiger partial charge on any atom is -0.480 e. The molecule has 0 radical (unpaired) electrons. The first kappa shape index (κ1) is 46.1. The number of carboxylic acid groups (broad SMARTS) is 1. The van der Waals surface area contributed by atoms with Gasteiger partial charge in [0.2, 0.25) is 5.91 Å². The third kappa shape index (κ3) is 29.1. The van der Waals surface area contributed by atoms with Crippen LogP contribution < -0.4 is 11.1 Å². The van der Waals surface area contributed by atoms with Crippen LogP contribution in [0.5, 0.6) is 0 Å². The van der Waals surface area contributed by atoms with Crippen LogP contribution >= 0.6 is 11.8 Å². The second-order valence-electron chi connectivity index (χ2n) is 13.1. The molecule has 0 aliphatic heterocycles. The highest BCUT2D eigenvalue weighted by Crippen LogP contribution is 2.15. The molecule has 10 nitrogen and oxygen atoms in total. The Kier molecular flexibility index (Phi) is 32.3. The molecule has 0 bridgehead atoms. The van der Waals surface area contributed by atoms with Crippen LogP contribution in [0.15, 0.2) is 0 Å². The van der Waals surface area contributed by atoms with Crippen molar-refractivity contribution in [2.75, 3.05) is 24.7 Å². The van der Waals surface area contributed by atoms with Gasteiger partial charge in [-0.25, -0.2) is 4.79 Å². The largest absolute Gasteiger partial charge is 0.480 e. The topological polar surface area (TPSA) is 165 Å². The van der Waals surface area contributed by atoms with Gasteiger partial charge in [-0.3, -0.25) is 14.4 Å². The minimum atomic E-state index is -1.43. The summed E-state index contributed by atoms with van der Waals surface area (Å²) in [6.45, 7) is 3.64. The van der Waals surface area contributed by atoms with Crippen molar-refractivity contribution < 1.29 is 38.9 Å². The van der Waals surface area contributed by atoms with Gasteiger partial charge in [-0.2, -0.15) is 11.8 Å². The van der Waals surface area contributed by atoms with Crippen molar-refractivity contribution in [1.29, 1.82) is 0 Å². The van der Waals surface area contributed by atoms with E-state index in [0.717, 1.165) is 38.5 Å². The Morgan fingerprint density at radius 3 is 1.48 bits per heavy atom. The van der Waals surface area contributed by atoms with E-state index >= 15 is 0 Å². The number of hydrogen-bond acceptors (Lipinski definition) is 9. The number of carboxylic acids is 1. The van der Waals surface area contributed by atoms with Gasteiger partial charge in [-0.1, -0.05) is 142 Å². The highest BCUT2D eigenvalue weighted by Gasteiger charge is 2.24. The molecule has 11 heteroatoms. The standard InChI is InChI=1S/C37H70N2O8S/c1-3-5-7-9-11-13-15-17-19-21-23-25-34(41)46-28-31(29-48-30-32(38)36(43)39-33(27-40)37(44)45)47-35(42)26-24-22-20-18-16-14-12-10-8-6-4-2/h31-33,40H,3-30,38H2,1-2H3,(H,39,43)(H,44,45)/t31-,32+,33+/m1/s1. The molecule has 0 aromatic heterocycles. The zero-order valence-electron chi connectivity index (χ0n) is 30.4. The van der Waals surface area contributed by atoms with Gasteiger partial charge in [-0.15, -0.1) is 0 Å². The molecule has 0 aliphatic rings. The minimum absolute atomic E-state index is 0.0686. The summed E-state index contributed by atoms with van der Waals surface area (Å²) in [5.41, 5.74) is 5.91. The van der Waals surface area contributed by atoms with Crippen LogP contribution in [0.25, 0.3) is 0 Å². The van der Waals surface area contributed by atoms with Crippen molar-refractivity contribution in [2.45, 2.75) is 186 Å². The van der Waals surface area contributed by atoms with Crippen molar-refractivity contribution in [3.8, 4) is 0 Å². The van der Waals surface area contributed by atoms with Crippen LogP contribution in [0.3, 0.4) is 0 Å². The third-order valence-electron chi connectivity index (χ3n) is 8.43. The first-order valence-corrected chi connectivity index (χ1v) is 20.2. The maximum Gasteiger partial charge on any atom is 0.328 e. The maximum absolute atomic E-state index is 12.6. The van der Waals surface area contributed by atoms with E-state index in [9.17, 15) is 19.2 Å². The van der Waals surface area contributed by atoms with Crippen LogP contribution in [-0.4, -0.2) is 76.9 Å². The number of aliphatic carboxylic acids is 1. The van der Waals surface area contributed by atoms with Gasteiger partial charge in [0.25, 0.3) is 0 Å². The van der Waals surface area contributed by atoms with Gasteiger partial charge in [0.15, 0.2) is 0 Å². The SMILES string of the molecule is CCCCCCCCCCCCCC(=O)OC[C@H](CSC[C@H](N)C(=O)N[C@@H](CO)C(=O)O)OC(=O)CCCCCCCCCCCCC. The lowest BCUT2D eigenvalue weighted by molar-refractivity contribution is -0.157. The fourth-order valence-electron chi connectivity index (χ4n) is 5.35. The number of ether oxygens (including phenoxy) is 2. The molecule has 0 aromatic rings. The Balaban J connectivity index is 4.50. The number of aliphatic hydroxyl groups is 1. The van der Waals surface area contributed by atoms with E-state index in [2.05, 4.69) is 19.2 Å². The van der Waals surface area contributed by atoms with Crippen LogP contribution in [0, 0.1) is 0 Å². The lowest BCUT2D eigenvalue weighted by Gasteiger charge is -2.19. The quantitative estimate of drug-likeness (QED) is 0.0385. The number of esters is 2. The Bertz CT molecular complexity index is 816. The van der Waals surface area contributed by atoms with Crippen LogP contribution in [-0.2, 0) is 28.7 Å². The Morgan fingerprint density at radius 1 is 0.646 bits per heavy atom. The molecular weight excluding hydrogens is 632 g/mol. The number of hydrogen-bond donors (Lipinski definition) is 4. The van der Waals surface area contributed by atoms with Gasteiger partial charge in [-0.05, 0) is 12.8 Å². The van der Waals surface area contributed by atoms with E-state index in [4.69, 9.17) is 25.4 Å². The van der Waals surface area contributed by atoms with E-state index in [1.807, 2.05) is 0 Å². The van der Waals surface area contributed by atoms with Crippen molar-refractivity contribution in [3.63, 3.8) is 0 Å². The molecule has 5 N–H and O–H groups in total. The van der Waals surface area contributed by atoms with E-state index in [1.54, 1.807) is 0 Å². The Morgan fingerprint density at radius 2 is 1.06 bits per heavy atom. The van der Waals surface area contributed by atoms with E-state index < -0.39 is 36.7 Å². The van der Waals surface area contributed by atoms with Gasteiger partial charge in [0, 0.05) is 24.3 Å². The predicted molar refractivity (Wildman–Crippen MR) is 195 cm³/mol. The normalized spacial score (nSPS) is 13.1. The average Bonchev–Trinajstić information content (AvgIpc) is 3.06. The summed E-state index contributed by atoms with van der Waals surface area (Å²) in [6, 6.07) is -2.46. The van der Waals surface area contributed by atoms with Crippen molar-refractivity contribution in [2.24, 2.45) is 5.73 Å². The number of carbonyl (C=O) groups is 4. The molecule has 0 rings (SSSR count). The Hall–Kier alpha value is -1.85. The van der Waals surface area contributed by atoms with E-state index in [-0.39, 0.29) is 30.1 Å². The summed E-state index contributed by atoms with van der Waals surface area (Å²) < 4.78 is 11.1. The number of amides is 1. The molecule has 0 saturated heterocycles.